The monoisotopic (exact) mass is 371 g/mol. The summed E-state index contributed by atoms with van der Waals surface area (Å²) in [4.78, 5) is 23.0. The van der Waals surface area contributed by atoms with Crippen molar-refractivity contribution in [1.82, 2.24) is 9.78 Å². The second-order valence-electron chi connectivity index (χ2n) is 5.90. The van der Waals surface area contributed by atoms with E-state index in [1.807, 2.05) is 0 Å². The first kappa shape index (κ1) is 19.3. The van der Waals surface area contributed by atoms with Crippen molar-refractivity contribution in [2.24, 2.45) is 0 Å². The molecule has 0 fully saturated rings. The zero-order valence-electron chi connectivity index (χ0n) is 13.9. The number of nitrogens with one attached hydrogen (secondary N) is 1. The van der Waals surface area contributed by atoms with Crippen molar-refractivity contribution in [3.8, 4) is 5.75 Å². The molecule has 140 valence electrons. The molecule has 7 nitrogen and oxygen atoms in total. The molecular formula is C16H16F3N3O4. The molecule has 0 unspecified atom stereocenters. The van der Waals surface area contributed by atoms with Gasteiger partial charge in [-0.2, -0.15) is 18.3 Å². The van der Waals surface area contributed by atoms with Gasteiger partial charge in [-0.3, -0.25) is 9.48 Å². The normalized spacial score (nSPS) is 11.9. The summed E-state index contributed by atoms with van der Waals surface area (Å²) in [5.74, 6) is -1.56. The van der Waals surface area contributed by atoms with Crippen LogP contribution in [-0.2, 0) is 21.3 Å². The number of hydrogen-bond donors (Lipinski definition) is 2. The predicted molar refractivity (Wildman–Crippen MR) is 84.8 cm³/mol. The largest absolute Gasteiger partial charge is 0.484 e. The number of carboxylic acids is 1. The fraction of sp³-hybridized carbons (Fsp3) is 0.312. The maximum atomic E-state index is 12.5. The number of carboxylic acid groups (broad SMARTS) is 1. The third kappa shape index (κ3) is 4.52. The number of carbonyl (C=O) groups is 2. The first-order chi connectivity index (χ1) is 12.0. The first-order valence-electron chi connectivity index (χ1n) is 7.38. The highest BCUT2D eigenvalue weighted by molar-refractivity contribution is 5.91. The van der Waals surface area contributed by atoms with E-state index in [0.29, 0.717) is 0 Å². The lowest BCUT2D eigenvalue weighted by Gasteiger charge is -2.19. The Hall–Kier alpha value is -3.04. The molecule has 2 aromatic rings. The van der Waals surface area contributed by atoms with Crippen molar-refractivity contribution in [2.75, 3.05) is 11.9 Å². The number of nitrogens with zero attached hydrogens (tertiary/aromatic N) is 2. The van der Waals surface area contributed by atoms with Crippen LogP contribution in [-0.4, -0.2) is 33.4 Å². The minimum atomic E-state index is -4.44. The van der Waals surface area contributed by atoms with Crippen molar-refractivity contribution < 1.29 is 32.6 Å². The van der Waals surface area contributed by atoms with Gasteiger partial charge in [0.1, 0.15) is 5.75 Å². The van der Waals surface area contributed by atoms with E-state index < -0.39 is 35.8 Å². The van der Waals surface area contributed by atoms with Gasteiger partial charge in [0, 0.05) is 6.20 Å². The van der Waals surface area contributed by atoms with E-state index in [9.17, 15) is 22.8 Å². The Morgan fingerprint density at radius 2 is 1.85 bits per heavy atom. The lowest BCUT2D eigenvalue weighted by atomic mass is 10.1. The highest BCUT2D eigenvalue weighted by Crippen LogP contribution is 2.30. The fourth-order valence-electron chi connectivity index (χ4n) is 1.88. The third-order valence-corrected chi connectivity index (χ3v) is 3.51. The highest BCUT2D eigenvalue weighted by atomic mass is 19.4. The van der Waals surface area contributed by atoms with Crippen molar-refractivity contribution in [1.29, 1.82) is 0 Å². The molecule has 2 N–H and O–H groups in total. The molecule has 0 saturated heterocycles. The second kappa shape index (κ2) is 7.06. The summed E-state index contributed by atoms with van der Waals surface area (Å²) >= 11 is 0. The molecule has 1 aromatic carbocycles. The van der Waals surface area contributed by atoms with E-state index in [0.717, 1.165) is 24.3 Å². The number of alkyl halides is 3. The minimum absolute atomic E-state index is 0.107. The summed E-state index contributed by atoms with van der Waals surface area (Å²) < 4.78 is 43.7. The van der Waals surface area contributed by atoms with Gasteiger partial charge >= 0.3 is 12.1 Å². The van der Waals surface area contributed by atoms with E-state index in [4.69, 9.17) is 9.84 Å². The van der Waals surface area contributed by atoms with E-state index in [1.165, 1.54) is 30.9 Å². The molecule has 1 heterocycles. The summed E-state index contributed by atoms with van der Waals surface area (Å²) in [6.45, 7) is 2.46. The van der Waals surface area contributed by atoms with Gasteiger partial charge in [0.15, 0.2) is 12.1 Å². The molecular weight excluding hydrogens is 355 g/mol. The van der Waals surface area contributed by atoms with E-state index in [1.54, 1.807) is 0 Å². The molecule has 0 spiro atoms. The van der Waals surface area contributed by atoms with Gasteiger partial charge in [-0.05, 0) is 38.1 Å². The molecule has 0 aliphatic rings. The average Bonchev–Trinajstić information content (AvgIpc) is 3.01. The van der Waals surface area contributed by atoms with Gasteiger partial charge in [0.05, 0.1) is 17.4 Å². The van der Waals surface area contributed by atoms with Gasteiger partial charge in [-0.25, -0.2) is 4.79 Å². The van der Waals surface area contributed by atoms with Crippen LogP contribution in [0.1, 0.15) is 19.4 Å². The van der Waals surface area contributed by atoms with Crippen LogP contribution in [0, 0.1) is 0 Å². The van der Waals surface area contributed by atoms with Gasteiger partial charge in [0.25, 0.3) is 5.91 Å². The minimum Gasteiger partial charge on any atom is -0.484 e. The van der Waals surface area contributed by atoms with Crippen LogP contribution in [0.5, 0.6) is 5.75 Å². The number of aliphatic carboxylic acids is 1. The third-order valence-electron chi connectivity index (χ3n) is 3.51. The zero-order chi connectivity index (χ0) is 19.5. The van der Waals surface area contributed by atoms with Crippen molar-refractivity contribution in [3.05, 3.63) is 42.2 Å². The maximum Gasteiger partial charge on any atom is 0.416 e. The molecule has 0 aliphatic carbocycles. The van der Waals surface area contributed by atoms with Gasteiger partial charge in [-0.1, -0.05) is 0 Å². The number of halogens is 3. The number of benzene rings is 1. The van der Waals surface area contributed by atoms with Gasteiger partial charge in [0.2, 0.25) is 0 Å². The first-order valence-corrected chi connectivity index (χ1v) is 7.38. The number of amides is 1. The molecule has 1 amide bonds. The Kier molecular flexibility index (Phi) is 5.24. The quantitative estimate of drug-likeness (QED) is 0.814. The fourth-order valence-corrected chi connectivity index (χ4v) is 1.88. The summed E-state index contributed by atoms with van der Waals surface area (Å²) in [6, 6.07) is 3.93. The zero-order valence-corrected chi connectivity index (χ0v) is 13.9. The molecule has 10 heteroatoms. The second-order valence-corrected chi connectivity index (χ2v) is 5.90. The van der Waals surface area contributed by atoms with Gasteiger partial charge in [-0.15, -0.1) is 0 Å². The van der Waals surface area contributed by atoms with Crippen LogP contribution in [0.15, 0.2) is 36.7 Å². The van der Waals surface area contributed by atoms with Crippen LogP contribution < -0.4 is 10.1 Å². The number of anilines is 1. The molecule has 26 heavy (non-hydrogen) atoms. The van der Waals surface area contributed by atoms with Gasteiger partial charge < -0.3 is 15.2 Å². The molecule has 0 bridgehead atoms. The predicted octanol–water partition coefficient (Wildman–Crippen LogP) is 2.74. The summed E-state index contributed by atoms with van der Waals surface area (Å²) in [7, 11) is 0. The standard InChI is InChI=1S/C16H16F3N3O4/c1-15(2,14(24)25)22-8-11(7-20-22)21-13(23)9-26-12-5-3-10(4-6-12)16(17,18)19/h3-8H,9H2,1-2H3,(H,21,23)(H,24,25). The van der Waals surface area contributed by atoms with Crippen molar-refractivity contribution in [3.63, 3.8) is 0 Å². The van der Waals surface area contributed by atoms with E-state index in [2.05, 4.69) is 10.4 Å². The highest BCUT2D eigenvalue weighted by Gasteiger charge is 2.31. The Labute approximate surface area is 146 Å². The van der Waals surface area contributed by atoms with Crippen molar-refractivity contribution >= 4 is 17.6 Å². The molecule has 0 radical (unpaired) electrons. The van der Waals surface area contributed by atoms with Crippen molar-refractivity contribution in [2.45, 2.75) is 25.6 Å². The number of aromatic nitrogens is 2. The maximum absolute atomic E-state index is 12.5. The average molecular weight is 371 g/mol. The smallest absolute Gasteiger partial charge is 0.416 e. The lowest BCUT2D eigenvalue weighted by molar-refractivity contribution is -0.146. The number of rotatable bonds is 6. The van der Waals surface area contributed by atoms with Crippen LogP contribution in [0.25, 0.3) is 0 Å². The molecule has 1 aromatic heterocycles. The molecule has 2 rings (SSSR count). The van der Waals surface area contributed by atoms with E-state index in [-0.39, 0.29) is 11.4 Å². The SMILES string of the molecule is CC(C)(C(=O)O)n1cc(NC(=O)COc2ccc(C(F)(F)F)cc2)cn1. The Morgan fingerprint density at radius 1 is 1.23 bits per heavy atom. The Balaban J connectivity index is 1.92. The van der Waals surface area contributed by atoms with Crippen LogP contribution in [0.2, 0.25) is 0 Å². The summed E-state index contributed by atoms with van der Waals surface area (Å²) in [5.41, 5.74) is -1.84. The van der Waals surface area contributed by atoms with Crippen LogP contribution >= 0.6 is 0 Å². The Morgan fingerprint density at radius 3 is 2.38 bits per heavy atom. The van der Waals surface area contributed by atoms with E-state index >= 15 is 0 Å². The number of hydrogen-bond acceptors (Lipinski definition) is 4. The number of carbonyl (C=O) groups excluding carboxylic acids is 1. The molecule has 0 aliphatic heterocycles. The summed E-state index contributed by atoms with van der Waals surface area (Å²) in [5, 5.41) is 15.5. The molecule has 0 atom stereocenters. The van der Waals surface area contributed by atoms with Crippen LogP contribution in [0.3, 0.4) is 0 Å². The molecule has 0 saturated carbocycles. The topological polar surface area (TPSA) is 93.5 Å². The van der Waals surface area contributed by atoms with Crippen LogP contribution in [0.4, 0.5) is 18.9 Å². The number of ether oxygens (including phenoxy) is 1. The summed E-state index contributed by atoms with van der Waals surface area (Å²) in [6.07, 6.45) is -1.81. The Bertz CT molecular complexity index is 798. The lowest BCUT2D eigenvalue weighted by Crippen LogP contribution is -2.35.